The molecule has 2 aromatic rings. The molecule has 0 saturated heterocycles. The molecule has 0 aliphatic carbocycles. The van der Waals surface area contributed by atoms with Crippen LogP contribution in [-0.4, -0.2) is 17.8 Å². The molecule has 2 aromatic carbocycles. The molecule has 0 N–H and O–H groups in total. The third-order valence-electron chi connectivity index (χ3n) is 4.00. The van der Waals surface area contributed by atoms with Gasteiger partial charge in [-0.3, -0.25) is 4.99 Å². The molecule has 0 spiro atoms. The summed E-state index contributed by atoms with van der Waals surface area (Å²) in [5.74, 6) is 0. The summed E-state index contributed by atoms with van der Waals surface area (Å²) in [5.41, 5.74) is 1.02. The second-order valence-electron chi connectivity index (χ2n) is 5.78. The quantitative estimate of drug-likeness (QED) is 0.699. The van der Waals surface area contributed by atoms with Crippen LogP contribution in [0.5, 0.6) is 0 Å². The van der Waals surface area contributed by atoms with Crippen molar-refractivity contribution >= 4 is 30.3 Å². The summed E-state index contributed by atoms with van der Waals surface area (Å²) in [6.45, 7) is 2.24. The number of hydrogen-bond donors (Lipinski definition) is 0. The van der Waals surface area contributed by atoms with Crippen LogP contribution in [-0.2, 0) is 0 Å². The van der Waals surface area contributed by atoms with Crippen molar-refractivity contribution in [2.24, 2.45) is 9.98 Å². The molecule has 1 atom stereocenters. The van der Waals surface area contributed by atoms with Gasteiger partial charge in [0.25, 0.3) is 0 Å². The Kier molecular flexibility index (Phi) is 5.71. The number of aliphatic imine (C=N–C) groups is 2. The summed E-state index contributed by atoms with van der Waals surface area (Å²) in [6, 6.07) is 21.8. The van der Waals surface area contributed by atoms with E-state index in [2.05, 4.69) is 73.8 Å². The molecular formula is C20H23N2P. The Morgan fingerprint density at radius 1 is 0.957 bits per heavy atom. The molecule has 1 aliphatic rings. The van der Waals surface area contributed by atoms with Gasteiger partial charge in [0.1, 0.15) is 0 Å². The maximum Gasteiger partial charge on any atom is 0.154 e. The van der Waals surface area contributed by atoms with E-state index in [9.17, 15) is 0 Å². The van der Waals surface area contributed by atoms with Crippen LogP contribution < -0.4 is 10.6 Å². The highest BCUT2D eigenvalue weighted by molar-refractivity contribution is 7.88. The van der Waals surface area contributed by atoms with Crippen molar-refractivity contribution in [3.63, 3.8) is 0 Å². The van der Waals surface area contributed by atoms with Gasteiger partial charge >= 0.3 is 0 Å². The molecule has 3 rings (SSSR count). The number of hydrogen-bond acceptors (Lipinski definition) is 2. The fourth-order valence-electron chi connectivity index (χ4n) is 2.78. The minimum atomic E-state index is -0.659. The third kappa shape index (κ3) is 4.14. The number of benzene rings is 2. The van der Waals surface area contributed by atoms with Gasteiger partial charge in [0.15, 0.2) is 5.58 Å². The third-order valence-corrected chi connectivity index (χ3v) is 6.26. The van der Waals surface area contributed by atoms with E-state index in [4.69, 9.17) is 9.98 Å². The van der Waals surface area contributed by atoms with Crippen molar-refractivity contribution in [3.05, 3.63) is 60.7 Å². The highest BCUT2D eigenvalue weighted by atomic mass is 31.1. The van der Waals surface area contributed by atoms with E-state index in [0.717, 1.165) is 12.0 Å². The molecule has 0 aromatic heterocycles. The molecule has 0 fully saturated rings. The first-order valence-corrected chi connectivity index (χ1v) is 9.73. The van der Waals surface area contributed by atoms with Crippen molar-refractivity contribution in [2.45, 2.75) is 38.6 Å². The van der Waals surface area contributed by atoms with Crippen LogP contribution in [0.25, 0.3) is 0 Å². The van der Waals surface area contributed by atoms with Crippen LogP contribution in [0, 0.1) is 0 Å². The van der Waals surface area contributed by atoms with Crippen molar-refractivity contribution in [3.8, 4) is 0 Å². The lowest BCUT2D eigenvalue weighted by atomic mass is 10.1. The van der Waals surface area contributed by atoms with Gasteiger partial charge < -0.3 is 0 Å². The van der Waals surface area contributed by atoms with E-state index in [1.54, 1.807) is 0 Å². The first kappa shape index (κ1) is 16.1. The second kappa shape index (κ2) is 8.17. The molecule has 0 amide bonds. The lowest BCUT2D eigenvalue weighted by Crippen LogP contribution is -2.21. The molecule has 118 valence electrons. The van der Waals surface area contributed by atoms with Crippen LogP contribution in [0.15, 0.2) is 70.6 Å². The predicted molar refractivity (Wildman–Crippen MR) is 103 cm³/mol. The first-order valence-electron chi connectivity index (χ1n) is 8.39. The van der Waals surface area contributed by atoms with Crippen LogP contribution in [0.2, 0.25) is 0 Å². The fraction of sp³-hybridized carbons (Fsp3) is 0.300. The van der Waals surface area contributed by atoms with Gasteiger partial charge in [0.05, 0.1) is 6.04 Å². The second-order valence-corrected chi connectivity index (χ2v) is 7.88. The van der Waals surface area contributed by atoms with Crippen LogP contribution >= 0.6 is 7.92 Å². The van der Waals surface area contributed by atoms with E-state index < -0.39 is 7.92 Å². The summed E-state index contributed by atoms with van der Waals surface area (Å²) < 4.78 is 0. The van der Waals surface area contributed by atoms with Gasteiger partial charge in [-0.05, 0) is 17.0 Å². The predicted octanol–water partition coefficient (Wildman–Crippen LogP) is 4.51. The van der Waals surface area contributed by atoms with E-state index in [0.29, 0.717) is 6.04 Å². The number of unbranched alkanes of at least 4 members (excludes halogenated alkanes) is 1. The molecule has 0 bridgehead atoms. The van der Waals surface area contributed by atoms with Crippen LogP contribution in [0.3, 0.4) is 0 Å². The summed E-state index contributed by atoms with van der Waals surface area (Å²) in [4.78, 5) is 9.71. The lowest BCUT2D eigenvalue weighted by molar-refractivity contribution is 0.594. The van der Waals surface area contributed by atoms with Gasteiger partial charge in [-0.15, -0.1) is 0 Å². The van der Waals surface area contributed by atoms with Gasteiger partial charge in [0, 0.05) is 20.6 Å². The Bertz CT molecular complexity index is 625. The monoisotopic (exact) mass is 322 g/mol. The van der Waals surface area contributed by atoms with E-state index in [-0.39, 0.29) is 0 Å². The number of rotatable bonds is 6. The Morgan fingerprint density at radius 3 is 2.13 bits per heavy atom. The smallest absolute Gasteiger partial charge is 0.154 e. The summed E-state index contributed by atoms with van der Waals surface area (Å²) in [7, 11) is -0.659. The summed E-state index contributed by atoms with van der Waals surface area (Å²) in [5, 5.41) is 2.64. The van der Waals surface area contributed by atoms with Crippen LogP contribution in [0.1, 0.15) is 32.6 Å². The largest absolute Gasteiger partial charge is 0.262 e. The molecule has 0 saturated carbocycles. The van der Waals surface area contributed by atoms with Gasteiger partial charge in [-0.1, -0.05) is 80.4 Å². The van der Waals surface area contributed by atoms with Crippen molar-refractivity contribution in [1.82, 2.24) is 0 Å². The molecule has 1 heterocycles. The van der Waals surface area contributed by atoms with E-state index in [1.165, 1.54) is 29.9 Å². The van der Waals surface area contributed by atoms with Crippen LogP contribution in [0.4, 0.5) is 0 Å². The fourth-order valence-corrected chi connectivity index (χ4v) is 4.95. The van der Waals surface area contributed by atoms with E-state index >= 15 is 0 Å². The Morgan fingerprint density at radius 2 is 1.57 bits per heavy atom. The molecule has 1 unspecified atom stereocenters. The number of nitrogens with zero attached hydrogens (tertiary/aromatic N) is 2. The minimum Gasteiger partial charge on any atom is -0.262 e. The van der Waals surface area contributed by atoms with Gasteiger partial charge in [-0.25, -0.2) is 4.99 Å². The molecule has 0 radical (unpaired) electrons. The van der Waals surface area contributed by atoms with Gasteiger partial charge in [0.2, 0.25) is 0 Å². The average Bonchev–Trinajstić information content (AvgIpc) is 2.62. The zero-order chi connectivity index (χ0) is 15.9. The average molecular weight is 322 g/mol. The normalized spacial score (nSPS) is 17.3. The zero-order valence-corrected chi connectivity index (χ0v) is 14.5. The molecule has 2 nitrogen and oxygen atoms in total. The Labute approximate surface area is 140 Å². The minimum absolute atomic E-state index is 0.403. The van der Waals surface area contributed by atoms with E-state index in [1.807, 2.05) is 0 Å². The SMILES string of the molecule is CCCCC1CC=NC(P(c2ccccc2)c2ccccc2)=N1. The molecular weight excluding hydrogens is 299 g/mol. The molecule has 3 heteroatoms. The Hall–Kier alpha value is -1.79. The maximum atomic E-state index is 5.02. The summed E-state index contributed by atoms with van der Waals surface area (Å²) in [6.07, 6.45) is 6.69. The topological polar surface area (TPSA) is 24.7 Å². The first-order chi connectivity index (χ1) is 11.4. The standard InChI is InChI=1S/C20H23N2P/c1-2-3-10-17-15-16-21-20(22-17)23(18-11-6-4-7-12-18)19-13-8-5-9-14-19/h4-9,11-14,16-17H,2-3,10,15H2,1H3. The van der Waals surface area contributed by atoms with Crippen molar-refractivity contribution in [2.75, 3.05) is 0 Å². The zero-order valence-electron chi connectivity index (χ0n) is 13.6. The number of amidine groups is 1. The van der Waals surface area contributed by atoms with Crippen molar-refractivity contribution < 1.29 is 0 Å². The summed E-state index contributed by atoms with van der Waals surface area (Å²) >= 11 is 0. The van der Waals surface area contributed by atoms with Gasteiger partial charge in [-0.2, -0.15) is 0 Å². The van der Waals surface area contributed by atoms with Crippen molar-refractivity contribution in [1.29, 1.82) is 0 Å². The lowest BCUT2D eigenvalue weighted by Gasteiger charge is -2.22. The highest BCUT2D eigenvalue weighted by Gasteiger charge is 2.23. The molecule has 1 aliphatic heterocycles. The highest BCUT2D eigenvalue weighted by Crippen LogP contribution is 2.37. The Balaban J connectivity index is 1.95. The maximum absolute atomic E-state index is 5.02. The molecule has 23 heavy (non-hydrogen) atoms.